The van der Waals surface area contributed by atoms with E-state index in [0.717, 1.165) is 0 Å². The predicted octanol–water partition coefficient (Wildman–Crippen LogP) is 2.12. The van der Waals surface area contributed by atoms with Crippen molar-refractivity contribution in [2.24, 2.45) is 0 Å². The molecule has 8 heavy (non-hydrogen) atoms. The molecule has 1 rings (SSSR count). The van der Waals surface area contributed by atoms with Gasteiger partial charge in [0.15, 0.2) is 0 Å². The Morgan fingerprint density at radius 1 is 1.50 bits per heavy atom. The van der Waals surface area contributed by atoms with E-state index >= 15 is 0 Å². The van der Waals surface area contributed by atoms with Crippen LogP contribution in [0.3, 0.4) is 0 Å². The van der Waals surface area contributed by atoms with E-state index in [9.17, 15) is 0 Å². The minimum Gasteiger partial charge on any atom is -0.175 e. The van der Waals surface area contributed by atoms with Gasteiger partial charge in [0.1, 0.15) is 0 Å². The highest BCUT2D eigenvalue weighted by atomic mass is 32.1. The molecule has 1 aromatic rings. The maximum absolute atomic E-state index is 7.43. The molecule has 0 amide bonds. The first-order valence-electron chi connectivity index (χ1n) is 5.47. The first kappa shape index (κ1) is 1.54. The highest BCUT2D eigenvalue weighted by Gasteiger charge is 1.80. The monoisotopic (exact) mass is 132 g/mol. The van der Waals surface area contributed by atoms with Crippen molar-refractivity contribution in [3.63, 3.8) is 0 Å². The van der Waals surface area contributed by atoms with Gasteiger partial charge in [-0.25, -0.2) is 0 Å². The van der Waals surface area contributed by atoms with E-state index in [2.05, 4.69) is 12.6 Å². The third kappa shape index (κ3) is 1.27. The average molecular weight is 132 g/mol. The minimum atomic E-state index is -2.26. The molecule has 0 atom stereocenters. The molecule has 0 heterocycles. The van der Waals surface area contributed by atoms with Gasteiger partial charge in [0.25, 0.3) is 0 Å². The molecule has 0 N–H and O–H groups in total. The second-order valence-corrected chi connectivity index (χ2v) is 1.34. The zero-order chi connectivity index (χ0) is 12.0. The van der Waals surface area contributed by atoms with Crippen molar-refractivity contribution in [3.05, 3.63) is 35.8 Å². The highest BCUT2D eigenvalue weighted by molar-refractivity contribution is 7.79. The molecule has 0 bridgehead atoms. The summed E-state index contributed by atoms with van der Waals surface area (Å²) in [5, 5.41) is 0. The fourth-order valence-electron chi connectivity index (χ4n) is 0.306. The lowest BCUT2D eigenvalue weighted by Crippen LogP contribution is -1.71. The molecule has 42 valence electrons. The number of hydrogen-bond acceptors (Lipinski definition) is 1. The molecule has 1 heteroatoms. The lowest BCUT2D eigenvalue weighted by Gasteiger charge is -1.89. The van der Waals surface area contributed by atoms with Gasteiger partial charge in [-0.3, -0.25) is 0 Å². The van der Waals surface area contributed by atoms with E-state index in [1.165, 1.54) is 0 Å². The molecule has 0 radical (unpaired) electrons. The molecule has 0 spiro atoms. The van der Waals surface area contributed by atoms with Crippen LogP contribution in [0.15, 0.2) is 30.2 Å². The van der Waals surface area contributed by atoms with Gasteiger partial charge in [-0.1, -0.05) is 30.2 Å². The van der Waals surface area contributed by atoms with Crippen LogP contribution < -0.4 is 0 Å². The fourth-order valence-corrected chi connectivity index (χ4v) is 0.418. The van der Waals surface area contributed by atoms with Crippen molar-refractivity contribution in [3.8, 4) is 0 Å². The Morgan fingerprint density at radius 2 is 2.12 bits per heavy atom. The first-order valence-corrected chi connectivity index (χ1v) is 2.42. The van der Waals surface area contributed by atoms with Gasteiger partial charge in [-0.05, 0) is 5.56 Å². The summed E-state index contributed by atoms with van der Waals surface area (Å²) in [6, 6.07) is -2.75. The van der Waals surface area contributed by atoms with Gasteiger partial charge >= 0.3 is 0 Å². The van der Waals surface area contributed by atoms with Crippen LogP contribution >= 0.6 is 12.6 Å². The van der Waals surface area contributed by atoms with Gasteiger partial charge in [0, 0.05) is 8.45 Å². The summed E-state index contributed by atoms with van der Waals surface area (Å²) in [6.45, 7) is 0. The summed E-state index contributed by atoms with van der Waals surface area (Å²) < 4.78 is 51.3. The lowest BCUT2D eigenvalue weighted by atomic mass is 10.3. The molecule has 0 fully saturated rings. The van der Waals surface area contributed by atoms with Crippen molar-refractivity contribution in [2.45, 2.75) is 5.70 Å². The van der Waals surface area contributed by atoms with Crippen molar-refractivity contribution >= 4 is 12.6 Å². The standard InChI is InChI=1S/C7H8S/c8-6-7-4-2-1-3-5-7/h1-5,8H,6H2/i1D,2D,3D,4D,5D,6+1D2. The molecule has 0 saturated heterocycles. The summed E-state index contributed by atoms with van der Waals surface area (Å²) >= 11 is 3.58. The molecule has 0 aliphatic rings. The second kappa shape index (κ2) is 2.78. The fraction of sp³-hybridized carbons (Fsp3) is 0.143. The summed E-state index contributed by atoms with van der Waals surface area (Å²) in [6.07, 6.45) is 0. The van der Waals surface area contributed by atoms with E-state index in [-0.39, 0.29) is 0 Å². The Kier molecular flexibility index (Phi) is 0.534. The summed E-state index contributed by atoms with van der Waals surface area (Å²) in [5.74, 6) is 0. The topological polar surface area (TPSA) is 0 Å². The lowest BCUT2D eigenvalue weighted by molar-refractivity contribution is 1.43. The zero-order valence-electron chi connectivity index (χ0n) is 10.9. The van der Waals surface area contributed by atoms with Gasteiger partial charge in [0.05, 0.1) is 6.85 Å². The molecule has 0 aliphatic heterocycles. The number of hydrogen-bond donors (Lipinski definition) is 1. The van der Waals surface area contributed by atoms with Gasteiger partial charge in [-0.15, -0.1) is 0 Å². The van der Waals surface area contributed by atoms with Crippen LogP contribution in [0.4, 0.5) is 0 Å². The van der Waals surface area contributed by atoms with Crippen LogP contribution in [-0.4, -0.2) is 0 Å². The van der Waals surface area contributed by atoms with Crippen molar-refractivity contribution in [1.82, 2.24) is 0 Å². The molecular weight excluding hydrogens is 117 g/mol. The van der Waals surface area contributed by atoms with Crippen LogP contribution in [0.1, 0.15) is 15.2 Å². The molecule has 0 saturated carbocycles. The highest BCUT2D eigenvalue weighted by Crippen LogP contribution is 2.00. The van der Waals surface area contributed by atoms with Crippen LogP contribution in [0.5, 0.6) is 0 Å². The van der Waals surface area contributed by atoms with Gasteiger partial charge < -0.3 is 0 Å². The maximum atomic E-state index is 7.43. The van der Waals surface area contributed by atoms with Gasteiger partial charge in [-0.2, -0.15) is 12.6 Å². The number of rotatable bonds is 1. The van der Waals surface area contributed by atoms with Crippen LogP contribution in [-0.2, 0) is 5.70 Å². The minimum absolute atomic E-state index is 0.433. The SMILES string of the molecule is [2H]c1c([2H])c([2H])c([13C]([2H])([2H])S)c([2H])c1[2H]. The Hall–Kier alpha value is -0.430. The van der Waals surface area contributed by atoms with Gasteiger partial charge in [0.2, 0.25) is 0 Å². The third-order valence-corrected chi connectivity index (χ3v) is 0.835. The molecule has 1 aromatic carbocycles. The summed E-state index contributed by atoms with van der Waals surface area (Å²) in [4.78, 5) is 0. The maximum Gasteiger partial charge on any atom is 0.0626 e. The van der Waals surface area contributed by atoms with E-state index in [1.54, 1.807) is 0 Å². The molecule has 0 nitrogen and oxygen atoms in total. The molecular formula is C7H8S. The number of benzene rings is 1. The Morgan fingerprint density at radius 3 is 2.62 bits per heavy atom. The van der Waals surface area contributed by atoms with Crippen molar-refractivity contribution < 1.29 is 9.60 Å². The average Bonchev–Trinajstić information content (AvgIpc) is 2.09. The Bertz CT molecular complexity index is 380. The second-order valence-electron chi connectivity index (χ2n) is 1.11. The third-order valence-electron chi connectivity index (χ3n) is 0.612. The van der Waals surface area contributed by atoms with Crippen LogP contribution in [0.25, 0.3) is 0 Å². The summed E-state index contributed by atoms with van der Waals surface area (Å²) in [7, 11) is 0. The first-order chi connectivity index (χ1) is 6.68. The van der Waals surface area contributed by atoms with Crippen molar-refractivity contribution in [2.75, 3.05) is 0 Å². The quantitative estimate of drug-likeness (QED) is 0.439. The van der Waals surface area contributed by atoms with E-state index in [4.69, 9.17) is 9.60 Å². The van der Waals surface area contributed by atoms with E-state index in [1.807, 2.05) is 0 Å². The van der Waals surface area contributed by atoms with E-state index < -0.39 is 41.5 Å². The predicted molar refractivity (Wildman–Crippen MR) is 39.1 cm³/mol. The molecule has 0 unspecified atom stereocenters. The van der Waals surface area contributed by atoms with Crippen LogP contribution in [0, 0.1) is 0 Å². The summed E-state index contributed by atoms with van der Waals surface area (Å²) in [5.41, 5.74) is -2.69. The van der Waals surface area contributed by atoms with E-state index in [0.29, 0.717) is 0 Å². The normalized spacial score (nSPS) is 23.4. The number of thiol groups is 1. The van der Waals surface area contributed by atoms with Crippen LogP contribution in [0.2, 0.25) is 0 Å². The molecule has 0 aliphatic carbocycles. The Balaban J connectivity index is 3.68. The smallest absolute Gasteiger partial charge is 0.0626 e. The largest absolute Gasteiger partial charge is 0.175 e. The zero-order valence-corrected chi connectivity index (χ0v) is 4.84. The Labute approximate surface area is 64.8 Å². The molecule has 0 aromatic heterocycles. The van der Waals surface area contributed by atoms with Crippen molar-refractivity contribution in [1.29, 1.82) is 0 Å².